The molecule has 2 nitrogen and oxygen atoms in total. The Balaban J connectivity index is 2.72. The minimum absolute atomic E-state index is 0.257. The molecule has 0 fully saturated rings. The van der Waals surface area contributed by atoms with E-state index in [-0.39, 0.29) is 6.54 Å². The Morgan fingerprint density at radius 1 is 1.73 bits per heavy atom. The first kappa shape index (κ1) is 6.58. The third-order valence-corrected chi connectivity index (χ3v) is 1.75. The highest BCUT2D eigenvalue weighted by atomic mass is 19.1. The van der Waals surface area contributed by atoms with Gasteiger partial charge in [-0.25, -0.2) is 4.39 Å². The summed E-state index contributed by atoms with van der Waals surface area (Å²) in [6.07, 6.45) is 0.698. The maximum absolute atomic E-state index is 12.7. The number of H-pyrrole nitrogens is 1. The zero-order valence-corrected chi connectivity index (χ0v) is 6.26. The molecule has 0 saturated carbocycles. The summed E-state index contributed by atoms with van der Waals surface area (Å²) in [6.45, 7) is 2.20. The Labute approximate surface area is 63.5 Å². The molecule has 1 N–H and O–H groups in total. The molecule has 11 heavy (non-hydrogen) atoms. The molecular weight excluding hydrogens is 143 g/mol. The third kappa shape index (κ3) is 1.06. The Hall–Kier alpha value is -1.12. The Bertz CT molecular complexity index is 377. The Morgan fingerprint density at radius 3 is 3.36 bits per heavy atom. The van der Waals surface area contributed by atoms with Crippen LogP contribution in [0.4, 0.5) is 4.39 Å². The van der Waals surface area contributed by atoms with E-state index in [0.29, 0.717) is 0 Å². The summed E-state index contributed by atoms with van der Waals surface area (Å²) in [4.78, 5) is 7.09. The molecule has 0 spiro atoms. The minimum atomic E-state index is -0.905. The summed E-state index contributed by atoms with van der Waals surface area (Å²) in [5, 5.41) is 0.890. The van der Waals surface area contributed by atoms with Crippen LogP contribution in [0.1, 0.15) is 5.69 Å². The van der Waals surface area contributed by atoms with Crippen molar-refractivity contribution in [1.29, 1.82) is 0 Å². The highest BCUT2D eigenvalue weighted by Crippen LogP contribution is 1.95. The third-order valence-electron chi connectivity index (χ3n) is 1.75. The molecule has 0 amide bonds. The van der Waals surface area contributed by atoms with Gasteiger partial charge in [-0.3, -0.25) is 4.99 Å². The highest BCUT2D eigenvalue weighted by molar-refractivity contribution is 5.30. The molecule has 3 heteroatoms. The van der Waals surface area contributed by atoms with E-state index >= 15 is 0 Å². The van der Waals surface area contributed by atoms with Gasteiger partial charge in [-0.2, -0.15) is 0 Å². The second-order valence-corrected chi connectivity index (χ2v) is 2.78. The highest BCUT2D eigenvalue weighted by Gasteiger charge is 2.06. The lowest BCUT2D eigenvalue weighted by Crippen LogP contribution is -2.30. The largest absolute Gasteiger partial charge is 0.344 e. The number of aromatic nitrogens is 1. The molecule has 2 heterocycles. The average Bonchev–Trinajstić information content (AvgIpc) is 2.27. The second kappa shape index (κ2) is 2.19. The molecule has 0 saturated heterocycles. The molecule has 0 bridgehead atoms. The van der Waals surface area contributed by atoms with Crippen molar-refractivity contribution in [2.45, 2.75) is 13.1 Å². The van der Waals surface area contributed by atoms with Crippen LogP contribution in [0.5, 0.6) is 0 Å². The number of hydrogen-bond acceptors (Lipinski definition) is 1. The number of alkyl halides is 1. The summed E-state index contributed by atoms with van der Waals surface area (Å²) < 4.78 is 12.7. The van der Waals surface area contributed by atoms with E-state index in [0.717, 1.165) is 16.4 Å². The van der Waals surface area contributed by atoms with Gasteiger partial charge in [0.2, 0.25) is 0 Å². The molecular formula is C8H9FN2. The number of fused-ring (bicyclic) bond motifs is 1. The van der Waals surface area contributed by atoms with Crippen LogP contribution in [-0.2, 0) is 0 Å². The molecule has 1 aliphatic rings. The van der Waals surface area contributed by atoms with Crippen LogP contribution in [0.25, 0.3) is 6.08 Å². The zero-order chi connectivity index (χ0) is 7.84. The molecule has 1 aromatic rings. The maximum Gasteiger partial charge on any atom is 0.139 e. The standard InChI is InChI=1S/C8H9FN2/c1-5-2-6-3-7(9)4-10-8(6)11-5/h2-3,7H,4H2,1H3,(H,10,11). The van der Waals surface area contributed by atoms with Crippen molar-refractivity contribution >= 4 is 6.08 Å². The van der Waals surface area contributed by atoms with E-state index in [1.807, 2.05) is 13.0 Å². The van der Waals surface area contributed by atoms with Crippen molar-refractivity contribution in [3.63, 3.8) is 0 Å². The van der Waals surface area contributed by atoms with Gasteiger partial charge in [-0.05, 0) is 19.1 Å². The minimum Gasteiger partial charge on any atom is -0.344 e. The number of aryl methyl sites for hydroxylation is 1. The number of rotatable bonds is 0. The molecule has 2 rings (SSSR count). The topological polar surface area (TPSA) is 28.1 Å². The van der Waals surface area contributed by atoms with E-state index in [9.17, 15) is 4.39 Å². The number of hydrogen-bond donors (Lipinski definition) is 1. The lowest BCUT2D eigenvalue weighted by molar-refractivity contribution is 0.422. The van der Waals surface area contributed by atoms with Crippen LogP contribution >= 0.6 is 0 Å². The van der Waals surface area contributed by atoms with Crippen molar-refractivity contribution in [2.75, 3.05) is 6.54 Å². The van der Waals surface area contributed by atoms with Crippen molar-refractivity contribution in [3.05, 3.63) is 22.5 Å². The van der Waals surface area contributed by atoms with Crippen LogP contribution in [0, 0.1) is 6.92 Å². The number of halogens is 1. The smallest absolute Gasteiger partial charge is 0.139 e. The first-order chi connectivity index (χ1) is 5.25. The van der Waals surface area contributed by atoms with Gasteiger partial charge in [0, 0.05) is 10.9 Å². The quantitative estimate of drug-likeness (QED) is 0.545. The van der Waals surface area contributed by atoms with E-state index < -0.39 is 6.17 Å². The molecule has 0 radical (unpaired) electrons. The van der Waals surface area contributed by atoms with Crippen LogP contribution in [-0.4, -0.2) is 17.7 Å². The van der Waals surface area contributed by atoms with Gasteiger partial charge in [-0.15, -0.1) is 0 Å². The van der Waals surface area contributed by atoms with E-state index in [4.69, 9.17) is 0 Å². The van der Waals surface area contributed by atoms with Crippen LogP contribution in [0.3, 0.4) is 0 Å². The molecule has 0 aliphatic carbocycles. The fourth-order valence-electron chi connectivity index (χ4n) is 1.28. The Morgan fingerprint density at radius 2 is 2.55 bits per heavy atom. The van der Waals surface area contributed by atoms with E-state index in [1.54, 1.807) is 6.08 Å². The van der Waals surface area contributed by atoms with Crippen molar-refractivity contribution in [3.8, 4) is 0 Å². The first-order valence-electron chi connectivity index (χ1n) is 3.62. The predicted octanol–water partition coefficient (Wildman–Crippen LogP) is 0.0749. The summed E-state index contributed by atoms with van der Waals surface area (Å²) in [6, 6.07) is 1.91. The number of nitrogens with zero attached hydrogens (tertiary/aromatic N) is 1. The molecule has 0 aromatic carbocycles. The Kier molecular flexibility index (Phi) is 1.31. The second-order valence-electron chi connectivity index (χ2n) is 2.78. The van der Waals surface area contributed by atoms with Crippen molar-refractivity contribution < 1.29 is 4.39 Å². The van der Waals surface area contributed by atoms with Gasteiger partial charge in [0.15, 0.2) is 0 Å². The van der Waals surface area contributed by atoms with E-state index in [2.05, 4.69) is 9.98 Å². The lowest BCUT2D eigenvalue weighted by Gasteiger charge is -1.99. The average molecular weight is 152 g/mol. The SMILES string of the molecule is Cc1cc2c([nH]1)=NCC(F)C=2. The van der Waals surface area contributed by atoms with Crippen molar-refractivity contribution in [2.24, 2.45) is 4.99 Å². The lowest BCUT2D eigenvalue weighted by atomic mass is 10.2. The number of aromatic amines is 1. The molecule has 1 atom stereocenters. The van der Waals surface area contributed by atoms with Gasteiger partial charge in [-0.1, -0.05) is 0 Å². The fourth-order valence-corrected chi connectivity index (χ4v) is 1.28. The van der Waals surface area contributed by atoms with Gasteiger partial charge < -0.3 is 4.98 Å². The molecule has 58 valence electrons. The predicted molar refractivity (Wildman–Crippen MR) is 40.5 cm³/mol. The summed E-state index contributed by atoms with van der Waals surface area (Å²) in [5.74, 6) is 0. The van der Waals surface area contributed by atoms with Gasteiger partial charge in [0.05, 0.1) is 6.54 Å². The van der Waals surface area contributed by atoms with Crippen LogP contribution in [0.2, 0.25) is 0 Å². The van der Waals surface area contributed by atoms with Gasteiger partial charge in [0.1, 0.15) is 11.7 Å². The normalized spacial score (nSPS) is 21.8. The maximum atomic E-state index is 12.7. The van der Waals surface area contributed by atoms with Crippen molar-refractivity contribution in [1.82, 2.24) is 4.98 Å². The van der Waals surface area contributed by atoms with Crippen LogP contribution < -0.4 is 10.7 Å². The molecule has 1 aliphatic heterocycles. The first-order valence-corrected chi connectivity index (χ1v) is 3.62. The summed E-state index contributed by atoms with van der Waals surface area (Å²) in [7, 11) is 0. The van der Waals surface area contributed by atoms with Crippen LogP contribution in [0.15, 0.2) is 11.1 Å². The summed E-state index contributed by atoms with van der Waals surface area (Å²) >= 11 is 0. The zero-order valence-electron chi connectivity index (χ0n) is 6.26. The fraction of sp³-hybridized carbons (Fsp3) is 0.375. The van der Waals surface area contributed by atoms with Gasteiger partial charge in [0.25, 0.3) is 0 Å². The summed E-state index contributed by atoms with van der Waals surface area (Å²) in [5.41, 5.74) is 1.85. The van der Waals surface area contributed by atoms with E-state index in [1.165, 1.54) is 0 Å². The molecule has 1 aromatic heterocycles. The number of nitrogens with one attached hydrogen (secondary N) is 1. The monoisotopic (exact) mass is 152 g/mol. The van der Waals surface area contributed by atoms with Gasteiger partial charge >= 0.3 is 0 Å². The molecule has 1 unspecified atom stereocenters.